The van der Waals surface area contributed by atoms with E-state index in [4.69, 9.17) is 0 Å². The lowest BCUT2D eigenvalue weighted by Crippen LogP contribution is -2.09. The van der Waals surface area contributed by atoms with Crippen LogP contribution in [0.5, 0.6) is 0 Å². The van der Waals surface area contributed by atoms with E-state index in [1.165, 1.54) is 19.5 Å². The molecule has 0 saturated carbocycles. The Morgan fingerprint density at radius 1 is 1.50 bits per heavy atom. The van der Waals surface area contributed by atoms with Crippen molar-refractivity contribution in [3.8, 4) is 0 Å². The van der Waals surface area contributed by atoms with Crippen molar-refractivity contribution < 1.29 is 18.3 Å². The topological polar surface area (TPSA) is 39.2 Å². The number of carbonyl (C=O) groups is 1. The Labute approximate surface area is 99.9 Å². The van der Waals surface area contributed by atoms with Crippen LogP contribution in [0.25, 0.3) is 0 Å². The van der Waals surface area contributed by atoms with Crippen molar-refractivity contribution in [1.82, 2.24) is 4.98 Å². The van der Waals surface area contributed by atoms with Crippen molar-refractivity contribution in [2.45, 2.75) is 18.2 Å². The van der Waals surface area contributed by atoms with E-state index in [1.54, 1.807) is 0 Å². The molecular formula is C10H10BrF2NO2. The van der Waals surface area contributed by atoms with Crippen molar-refractivity contribution >= 4 is 21.9 Å². The second-order valence-electron chi connectivity index (χ2n) is 3.06. The molecule has 0 saturated heterocycles. The molecule has 6 heteroatoms. The number of rotatable bonds is 4. The fourth-order valence-electron chi connectivity index (χ4n) is 1.32. The van der Waals surface area contributed by atoms with E-state index in [1.807, 2.05) is 0 Å². The summed E-state index contributed by atoms with van der Waals surface area (Å²) in [6.45, 7) is 0. The van der Waals surface area contributed by atoms with Crippen LogP contribution >= 0.6 is 15.9 Å². The molecular weight excluding hydrogens is 284 g/mol. The van der Waals surface area contributed by atoms with Gasteiger partial charge in [0, 0.05) is 23.3 Å². The molecule has 0 fully saturated rings. The molecule has 0 N–H and O–H groups in total. The third-order valence-corrected chi connectivity index (χ3v) is 2.68. The zero-order chi connectivity index (χ0) is 12.1. The van der Waals surface area contributed by atoms with E-state index >= 15 is 0 Å². The molecule has 16 heavy (non-hydrogen) atoms. The van der Waals surface area contributed by atoms with Crippen molar-refractivity contribution in [2.24, 2.45) is 0 Å². The molecule has 1 rings (SSSR count). The van der Waals surface area contributed by atoms with E-state index in [2.05, 4.69) is 25.7 Å². The van der Waals surface area contributed by atoms with Crippen LogP contribution in [0.4, 0.5) is 8.78 Å². The van der Waals surface area contributed by atoms with Gasteiger partial charge in [-0.25, -0.2) is 8.78 Å². The SMILES string of the molecule is COC(=O)Cc1cncc(CBr)c1C(F)F. The first-order chi connectivity index (χ1) is 7.60. The molecule has 0 aliphatic rings. The Morgan fingerprint density at radius 2 is 2.12 bits per heavy atom. The molecule has 1 aromatic rings. The van der Waals surface area contributed by atoms with E-state index in [0.717, 1.165) is 0 Å². The molecule has 0 aliphatic carbocycles. The van der Waals surface area contributed by atoms with Crippen LogP contribution < -0.4 is 0 Å². The number of methoxy groups -OCH3 is 1. The highest BCUT2D eigenvalue weighted by molar-refractivity contribution is 9.08. The average Bonchev–Trinajstić information content (AvgIpc) is 2.28. The Hall–Kier alpha value is -1.04. The van der Waals surface area contributed by atoms with Gasteiger partial charge in [-0.3, -0.25) is 9.78 Å². The highest BCUT2D eigenvalue weighted by atomic mass is 79.9. The summed E-state index contributed by atoms with van der Waals surface area (Å²) in [7, 11) is 1.21. The summed E-state index contributed by atoms with van der Waals surface area (Å²) in [5.41, 5.74) is 0.451. The van der Waals surface area contributed by atoms with E-state index in [-0.39, 0.29) is 22.9 Å². The monoisotopic (exact) mass is 293 g/mol. The fraction of sp³-hybridized carbons (Fsp3) is 0.400. The summed E-state index contributed by atoms with van der Waals surface area (Å²) in [5, 5.41) is 0.273. The summed E-state index contributed by atoms with van der Waals surface area (Å²) in [6, 6.07) is 0. The highest BCUT2D eigenvalue weighted by Crippen LogP contribution is 2.27. The molecule has 0 spiro atoms. The van der Waals surface area contributed by atoms with E-state index < -0.39 is 12.4 Å². The first kappa shape index (κ1) is 13.0. The average molecular weight is 294 g/mol. The van der Waals surface area contributed by atoms with Crippen LogP contribution in [-0.4, -0.2) is 18.1 Å². The molecule has 88 valence electrons. The van der Waals surface area contributed by atoms with Crippen LogP contribution in [-0.2, 0) is 21.3 Å². The van der Waals surface area contributed by atoms with Crippen molar-refractivity contribution in [2.75, 3.05) is 7.11 Å². The Bertz CT molecular complexity index is 385. The molecule has 0 bridgehead atoms. The fourth-order valence-corrected chi connectivity index (χ4v) is 1.76. The number of hydrogen-bond acceptors (Lipinski definition) is 3. The first-order valence-electron chi connectivity index (χ1n) is 4.46. The summed E-state index contributed by atoms with van der Waals surface area (Å²) in [6.07, 6.45) is -0.193. The number of aromatic nitrogens is 1. The maximum atomic E-state index is 12.8. The number of halogens is 3. The van der Waals surface area contributed by atoms with E-state index in [9.17, 15) is 13.6 Å². The summed E-state index contributed by atoms with van der Waals surface area (Å²) in [4.78, 5) is 14.9. The number of pyridine rings is 1. The molecule has 0 atom stereocenters. The van der Waals surface area contributed by atoms with Gasteiger partial charge >= 0.3 is 5.97 Å². The quantitative estimate of drug-likeness (QED) is 0.633. The molecule has 0 amide bonds. The number of alkyl halides is 3. The van der Waals surface area contributed by atoms with Gasteiger partial charge in [0.1, 0.15) is 0 Å². The second-order valence-corrected chi connectivity index (χ2v) is 3.62. The number of ether oxygens (including phenoxy) is 1. The maximum absolute atomic E-state index is 12.8. The predicted molar refractivity (Wildman–Crippen MR) is 57.5 cm³/mol. The van der Waals surface area contributed by atoms with Gasteiger partial charge in [0.15, 0.2) is 0 Å². The standard InChI is InChI=1S/C10H10BrF2NO2/c1-16-8(15)2-6-4-14-5-7(3-11)9(6)10(12)13/h4-5,10H,2-3H2,1H3. The summed E-state index contributed by atoms with van der Waals surface area (Å²) >= 11 is 3.10. The molecule has 0 aromatic carbocycles. The number of hydrogen-bond donors (Lipinski definition) is 0. The van der Waals surface area contributed by atoms with Gasteiger partial charge in [0.25, 0.3) is 6.43 Å². The van der Waals surface area contributed by atoms with Gasteiger partial charge in [-0.15, -0.1) is 0 Å². The van der Waals surface area contributed by atoms with Gasteiger partial charge in [-0.05, 0) is 11.1 Å². The minimum absolute atomic E-state index is 0.141. The molecule has 0 radical (unpaired) electrons. The first-order valence-corrected chi connectivity index (χ1v) is 5.58. The van der Waals surface area contributed by atoms with Crippen LogP contribution in [0.1, 0.15) is 23.1 Å². The highest BCUT2D eigenvalue weighted by Gasteiger charge is 2.19. The lowest BCUT2D eigenvalue weighted by molar-refractivity contribution is -0.139. The smallest absolute Gasteiger partial charge is 0.310 e. The molecule has 3 nitrogen and oxygen atoms in total. The summed E-state index contributed by atoms with van der Waals surface area (Å²) < 4.78 is 30.1. The summed E-state index contributed by atoms with van der Waals surface area (Å²) in [5.74, 6) is -0.560. The lowest BCUT2D eigenvalue weighted by atomic mass is 10.0. The Morgan fingerprint density at radius 3 is 2.62 bits per heavy atom. The predicted octanol–water partition coefficient (Wildman–Crippen LogP) is 2.63. The van der Waals surface area contributed by atoms with E-state index in [0.29, 0.717) is 5.56 Å². The molecule has 0 unspecified atom stereocenters. The minimum Gasteiger partial charge on any atom is -0.469 e. The van der Waals surface area contributed by atoms with Gasteiger partial charge in [-0.1, -0.05) is 15.9 Å². The minimum atomic E-state index is -2.63. The van der Waals surface area contributed by atoms with Crippen LogP contribution in [0, 0.1) is 0 Å². The normalized spacial score (nSPS) is 10.6. The third-order valence-electron chi connectivity index (χ3n) is 2.08. The van der Waals surface area contributed by atoms with Crippen molar-refractivity contribution in [3.05, 3.63) is 29.1 Å². The van der Waals surface area contributed by atoms with Gasteiger partial charge < -0.3 is 4.74 Å². The second kappa shape index (κ2) is 5.89. The van der Waals surface area contributed by atoms with Gasteiger partial charge in [0.2, 0.25) is 0 Å². The van der Waals surface area contributed by atoms with Crippen LogP contribution in [0.15, 0.2) is 12.4 Å². The Kier molecular flexibility index (Phi) is 4.79. The maximum Gasteiger partial charge on any atom is 0.310 e. The molecule has 1 heterocycles. The number of esters is 1. The molecule has 0 aliphatic heterocycles. The third kappa shape index (κ3) is 2.98. The Balaban J connectivity index is 3.11. The van der Waals surface area contributed by atoms with Crippen molar-refractivity contribution in [3.63, 3.8) is 0 Å². The number of carbonyl (C=O) groups excluding carboxylic acids is 1. The molecule has 1 aromatic heterocycles. The lowest BCUT2D eigenvalue weighted by Gasteiger charge is -2.11. The largest absolute Gasteiger partial charge is 0.469 e. The van der Waals surface area contributed by atoms with Gasteiger partial charge in [0.05, 0.1) is 13.5 Å². The zero-order valence-electron chi connectivity index (χ0n) is 8.54. The zero-order valence-corrected chi connectivity index (χ0v) is 10.1. The van der Waals surface area contributed by atoms with Gasteiger partial charge in [-0.2, -0.15) is 0 Å². The van der Waals surface area contributed by atoms with Crippen LogP contribution in [0.3, 0.4) is 0 Å². The van der Waals surface area contributed by atoms with Crippen molar-refractivity contribution in [1.29, 1.82) is 0 Å². The number of nitrogens with zero attached hydrogens (tertiary/aromatic N) is 1. The van der Waals surface area contributed by atoms with Crippen LogP contribution in [0.2, 0.25) is 0 Å².